The third-order valence-electron chi connectivity index (χ3n) is 3.13. The average molecular weight is 305 g/mol. The first-order chi connectivity index (χ1) is 10.1. The Hall–Kier alpha value is -2.22. The molecule has 0 saturated heterocycles. The maximum Gasteiger partial charge on any atom is 0.331 e. The van der Waals surface area contributed by atoms with E-state index >= 15 is 0 Å². The molecule has 0 bridgehead atoms. The van der Waals surface area contributed by atoms with Gasteiger partial charge >= 0.3 is 5.97 Å². The summed E-state index contributed by atoms with van der Waals surface area (Å²) in [5.74, 6) is -1.33. The Kier molecular flexibility index (Phi) is 5.43. The molecule has 5 heteroatoms. The lowest BCUT2D eigenvalue weighted by molar-refractivity contribution is -0.160. The van der Waals surface area contributed by atoms with Gasteiger partial charge in [-0.2, -0.15) is 5.26 Å². The summed E-state index contributed by atoms with van der Waals surface area (Å²) in [5, 5.41) is 9.62. The van der Waals surface area contributed by atoms with Gasteiger partial charge in [0.15, 0.2) is 5.41 Å². The number of ether oxygens (including phenoxy) is 1. The van der Waals surface area contributed by atoms with Gasteiger partial charge < -0.3 is 9.53 Å². The SMILES string of the molecule is CC(=O)CC[C@@](C#N)(C(=O)OC(C)(C)C)c1ccc(F)cc1. The van der Waals surface area contributed by atoms with Gasteiger partial charge in [0.2, 0.25) is 0 Å². The summed E-state index contributed by atoms with van der Waals surface area (Å²) in [6.07, 6.45) is 0.0591. The van der Waals surface area contributed by atoms with Crippen LogP contribution in [0.2, 0.25) is 0 Å². The Morgan fingerprint density at radius 1 is 1.23 bits per heavy atom. The fourth-order valence-corrected chi connectivity index (χ4v) is 1.99. The van der Waals surface area contributed by atoms with Crippen molar-refractivity contribution >= 4 is 11.8 Å². The molecule has 1 aromatic rings. The largest absolute Gasteiger partial charge is 0.459 e. The lowest BCUT2D eigenvalue weighted by Crippen LogP contribution is -2.40. The molecule has 118 valence electrons. The highest BCUT2D eigenvalue weighted by molar-refractivity contribution is 5.88. The van der Waals surface area contributed by atoms with Crippen LogP contribution in [0, 0.1) is 17.1 Å². The Balaban J connectivity index is 3.29. The summed E-state index contributed by atoms with van der Waals surface area (Å²) in [7, 11) is 0. The van der Waals surface area contributed by atoms with Crippen molar-refractivity contribution in [3.8, 4) is 6.07 Å². The second-order valence-electron chi connectivity index (χ2n) is 6.23. The highest BCUT2D eigenvalue weighted by Gasteiger charge is 2.44. The number of nitriles is 1. The van der Waals surface area contributed by atoms with E-state index in [1.54, 1.807) is 20.8 Å². The molecule has 0 amide bonds. The van der Waals surface area contributed by atoms with Crippen LogP contribution in [0.15, 0.2) is 24.3 Å². The monoisotopic (exact) mass is 305 g/mol. The van der Waals surface area contributed by atoms with Gasteiger partial charge in [0.1, 0.15) is 17.2 Å². The van der Waals surface area contributed by atoms with Crippen molar-refractivity contribution in [2.75, 3.05) is 0 Å². The van der Waals surface area contributed by atoms with Gasteiger partial charge in [-0.15, -0.1) is 0 Å². The summed E-state index contributed by atoms with van der Waals surface area (Å²) in [5.41, 5.74) is -2.06. The third-order valence-corrected chi connectivity index (χ3v) is 3.13. The molecule has 0 N–H and O–H groups in total. The predicted octanol–water partition coefficient (Wildman–Crippen LogP) is 3.30. The van der Waals surface area contributed by atoms with E-state index in [1.807, 2.05) is 6.07 Å². The third kappa shape index (κ3) is 4.39. The van der Waals surface area contributed by atoms with E-state index < -0.39 is 22.8 Å². The molecule has 1 atom stereocenters. The van der Waals surface area contributed by atoms with E-state index in [9.17, 15) is 19.2 Å². The van der Waals surface area contributed by atoms with E-state index in [2.05, 4.69) is 0 Å². The quantitative estimate of drug-likeness (QED) is 0.783. The molecule has 0 fully saturated rings. The van der Waals surface area contributed by atoms with Crippen LogP contribution in [0.25, 0.3) is 0 Å². The standard InChI is InChI=1S/C17H20FNO3/c1-12(20)9-10-17(11-19,15(21)22-16(2,3)4)13-5-7-14(18)8-6-13/h5-8H,9-10H2,1-4H3/t17-/m0/s1. The first kappa shape index (κ1) is 17.8. The predicted molar refractivity (Wildman–Crippen MR) is 79.5 cm³/mol. The van der Waals surface area contributed by atoms with Crippen LogP contribution in [-0.4, -0.2) is 17.4 Å². The lowest BCUT2D eigenvalue weighted by Gasteiger charge is -2.29. The summed E-state index contributed by atoms with van der Waals surface area (Å²) in [4.78, 5) is 23.8. The molecule has 0 aromatic heterocycles. The van der Waals surface area contributed by atoms with Crippen LogP contribution in [-0.2, 0) is 19.7 Å². The number of carbonyl (C=O) groups is 2. The Morgan fingerprint density at radius 2 is 1.77 bits per heavy atom. The first-order valence-corrected chi connectivity index (χ1v) is 7.01. The van der Waals surface area contributed by atoms with E-state index in [0.29, 0.717) is 5.56 Å². The maximum absolute atomic E-state index is 13.1. The highest BCUT2D eigenvalue weighted by atomic mass is 19.1. The number of carbonyl (C=O) groups excluding carboxylic acids is 2. The molecule has 0 spiro atoms. The summed E-state index contributed by atoms with van der Waals surface area (Å²) in [6.45, 7) is 6.48. The number of halogens is 1. The number of ketones is 1. The molecule has 4 nitrogen and oxygen atoms in total. The van der Waals surface area contributed by atoms with Gasteiger partial charge in [0.05, 0.1) is 6.07 Å². The van der Waals surface area contributed by atoms with Crippen molar-refractivity contribution in [1.29, 1.82) is 5.26 Å². The Labute approximate surface area is 129 Å². The minimum absolute atomic E-state index is 0.000616. The number of esters is 1. The van der Waals surface area contributed by atoms with Crippen molar-refractivity contribution in [2.45, 2.75) is 51.6 Å². The normalized spacial score (nSPS) is 13.8. The smallest absolute Gasteiger partial charge is 0.331 e. The molecule has 0 aliphatic carbocycles. The van der Waals surface area contributed by atoms with Gasteiger partial charge in [-0.05, 0) is 51.8 Å². The molecule has 0 aliphatic heterocycles. The van der Waals surface area contributed by atoms with Crippen molar-refractivity contribution in [3.05, 3.63) is 35.6 Å². The molecule has 0 unspecified atom stereocenters. The van der Waals surface area contributed by atoms with Crippen molar-refractivity contribution in [2.24, 2.45) is 0 Å². The van der Waals surface area contributed by atoms with E-state index in [0.717, 1.165) is 0 Å². The number of hydrogen-bond donors (Lipinski definition) is 0. The van der Waals surface area contributed by atoms with Crippen LogP contribution < -0.4 is 0 Å². The number of benzene rings is 1. The molecule has 0 saturated carbocycles. The number of hydrogen-bond acceptors (Lipinski definition) is 4. The maximum atomic E-state index is 13.1. The minimum atomic E-state index is -1.62. The van der Waals surface area contributed by atoms with Crippen molar-refractivity contribution < 1.29 is 18.7 Å². The molecular weight excluding hydrogens is 285 g/mol. The van der Waals surface area contributed by atoms with Gasteiger partial charge in [0, 0.05) is 6.42 Å². The van der Waals surface area contributed by atoms with Gasteiger partial charge in [-0.3, -0.25) is 0 Å². The average Bonchev–Trinajstić information content (AvgIpc) is 2.39. The van der Waals surface area contributed by atoms with Gasteiger partial charge in [-0.1, -0.05) is 12.1 Å². The van der Waals surface area contributed by atoms with Crippen molar-refractivity contribution in [1.82, 2.24) is 0 Å². The minimum Gasteiger partial charge on any atom is -0.459 e. The fraction of sp³-hybridized carbons (Fsp3) is 0.471. The zero-order chi connectivity index (χ0) is 17.0. The summed E-state index contributed by atoms with van der Waals surface area (Å²) >= 11 is 0. The number of rotatable bonds is 5. The van der Waals surface area contributed by atoms with Crippen LogP contribution in [0.5, 0.6) is 0 Å². The van der Waals surface area contributed by atoms with Gasteiger partial charge in [0.25, 0.3) is 0 Å². The van der Waals surface area contributed by atoms with Crippen LogP contribution in [0.4, 0.5) is 4.39 Å². The Bertz CT molecular complexity index is 596. The Morgan fingerprint density at radius 3 is 2.18 bits per heavy atom. The van der Waals surface area contributed by atoms with Crippen LogP contribution in [0.3, 0.4) is 0 Å². The zero-order valence-corrected chi connectivity index (χ0v) is 13.3. The molecule has 0 aliphatic rings. The van der Waals surface area contributed by atoms with Crippen molar-refractivity contribution in [3.63, 3.8) is 0 Å². The second kappa shape index (κ2) is 6.69. The zero-order valence-electron chi connectivity index (χ0n) is 13.3. The van der Waals surface area contributed by atoms with E-state index in [4.69, 9.17) is 4.74 Å². The molecule has 1 rings (SSSR count). The molecule has 1 aromatic carbocycles. The molecular formula is C17H20FNO3. The summed E-state index contributed by atoms with van der Waals surface area (Å²) in [6, 6.07) is 7.10. The molecule has 0 radical (unpaired) electrons. The van der Waals surface area contributed by atoms with Crippen LogP contribution >= 0.6 is 0 Å². The van der Waals surface area contributed by atoms with E-state index in [1.165, 1.54) is 31.2 Å². The lowest BCUT2D eigenvalue weighted by atomic mass is 9.77. The first-order valence-electron chi connectivity index (χ1n) is 7.01. The summed E-state index contributed by atoms with van der Waals surface area (Å²) < 4.78 is 18.5. The molecule has 0 heterocycles. The topological polar surface area (TPSA) is 67.2 Å². The van der Waals surface area contributed by atoms with Gasteiger partial charge in [-0.25, -0.2) is 9.18 Å². The molecule has 22 heavy (non-hydrogen) atoms. The number of nitrogens with zero attached hydrogens (tertiary/aromatic N) is 1. The fourth-order valence-electron chi connectivity index (χ4n) is 1.99. The van der Waals surface area contributed by atoms with Crippen LogP contribution in [0.1, 0.15) is 46.1 Å². The second-order valence-corrected chi connectivity index (χ2v) is 6.23. The highest BCUT2D eigenvalue weighted by Crippen LogP contribution is 2.32. The van der Waals surface area contributed by atoms with E-state index in [-0.39, 0.29) is 18.6 Å². The number of Topliss-reactive ketones (excluding diaryl/α,β-unsaturated/α-hetero) is 1.